The first-order valence-corrected chi connectivity index (χ1v) is 13.2. The molecular weight excluding hydrogens is 440 g/mol. The molecule has 1 heterocycles. The SMILES string of the molecule is CC1(C)c2ccccc2C2(c3ccccc3-c3ccccc32)c2ccc3c(sc4ccccc43)c21. The maximum Gasteiger partial charge on any atom is 0.0720 e. The number of fused-ring (bicyclic) bond motifs is 13. The highest BCUT2D eigenvalue weighted by Gasteiger charge is 2.53. The molecule has 0 atom stereocenters. The van der Waals surface area contributed by atoms with Gasteiger partial charge in [-0.05, 0) is 50.6 Å². The van der Waals surface area contributed by atoms with Gasteiger partial charge in [0.15, 0.2) is 0 Å². The lowest BCUT2D eigenvalue weighted by Crippen LogP contribution is -2.40. The van der Waals surface area contributed by atoms with Crippen molar-refractivity contribution in [2.75, 3.05) is 0 Å². The minimum absolute atomic E-state index is 0.107. The van der Waals surface area contributed by atoms with Gasteiger partial charge in [-0.3, -0.25) is 0 Å². The third kappa shape index (κ3) is 2.19. The summed E-state index contributed by atoms with van der Waals surface area (Å²) >= 11 is 1.96. The highest BCUT2D eigenvalue weighted by Crippen LogP contribution is 2.63. The van der Waals surface area contributed by atoms with Crippen LogP contribution in [-0.2, 0) is 10.8 Å². The van der Waals surface area contributed by atoms with Crippen LogP contribution in [0.2, 0.25) is 0 Å². The Kier molecular flexibility index (Phi) is 3.64. The molecule has 0 fully saturated rings. The van der Waals surface area contributed by atoms with E-state index in [-0.39, 0.29) is 10.8 Å². The van der Waals surface area contributed by atoms with Crippen LogP contribution in [0.3, 0.4) is 0 Å². The highest BCUT2D eigenvalue weighted by molar-refractivity contribution is 7.26. The zero-order valence-electron chi connectivity index (χ0n) is 19.8. The van der Waals surface area contributed by atoms with Gasteiger partial charge in [0.2, 0.25) is 0 Å². The Labute approximate surface area is 209 Å². The molecule has 0 N–H and O–H groups in total. The Bertz CT molecular complexity index is 1790. The molecule has 1 aromatic heterocycles. The van der Waals surface area contributed by atoms with Crippen LogP contribution in [0.5, 0.6) is 0 Å². The third-order valence-electron chi connectivity index (χ3n) is 8.53. The standard InChI is InChI=1S/C34H24S/c1-33(2)27-16-8-9-17-28(27)34(25-14-6-3-11-21(25)22-12-4-7-15-26(22)34)29-20-19-24-23-13-5-10-18-30(23)35-32(24)31(29)33/h3-20H,1-2H3. The second-order valence-electron chi connectivity index (χ2n) is 10.5. The molecule has 1 spiro atoms. The van der Waals surface area contributed by atoms with E-state index in [0.29, 0.717) is 0 Å². The predicted octanol–water partition coefficient (Wildman–Crippen LogP) is 9.06. The molecule has 35 heavy (non-hydrogen) atoms. The first-order valence-electron chi connectivity index (χ1n) is 12.4. The Balaban J connectivity index is 1.64. The fourth-order valence-electron chi connectivity index (χ4n) is 7.17. The highest BCUT2D eigenvalue weighted by atomic mass is 32.1. The summed E-state index contributed by atoms with van der Waals surface area (Å²) in [7, 11) is 0. The maximum atomic E-state index is 2.45. The van der Waals surface area contributed by atoms with Gasteiger partial charge in [-0.1, -0.05) is 117 Å². The molecule has 0 nitrogen and oxygen atoms in total. The molecule has 0 saturated heterocycles. The quantitative estimate of drug-likeness (QED) is 0.210. The van der Waals surface area contributed by atoms with Gasteiger partial charge in [-0.15, -0.1) is 11.3 Å². The van der Waals surface area contributed by atoms with Crippen molar-refractivity contribution in [3.05, 3.63) is 143 Å². The molecule has 2 aliphatic rings. The van der Waals surface area contributed by atoms with Gasteiger partial charge in [0.1, 0.15) is 0 Å². The first kappa shape index (κ1) is 19.6. The molecule has 0 amide bonds. The van der Waals surface area contributed by atoms with Crippen molar-refractivity contribution in [3.8, 4) is 11.1 Å². The first-order chi connectivity index (χ1) is 17.1. The number of hydrogen-bond donors (Lipinski definition) is 0. The normalized spacial score (nSPS) is 16.2. The summed E-state index contributed by atoms with van der Waals surface area (Å²) in [5, 5.41) is 2.75. The van der Waals surface area contributed by atoms with Crippen LogP contribution < -0.4 is 0 Å². The minimum Gasteiger partial charge on any atom is -0.135 e. The fraction of sp³-hybridized carbons (Fsp3) is 0.118. The second-order valence-corrected chi connectivity index (χ2v) is 11.5. The van der Waals surface area contributed by atoms with Crippen molar-refractivity contribution < 1.29 is 0 Å². The van der Waals surface area contributed by atoms with Crippen molar-refractivity contribution in [2.45, 2.75) is 24.7 Å². The van der Waals surface area contributed by atoms with Crippen LogP contribution in [-0.4, -0.2) is 0 Å². The van der Waals surface area contributed by atoms with E-state index in [1.54, 1.807) is 0 Å². The zero-order valence-corrected chi connectivity index (χ0v) is 20.6. The molecule has 0 unspecified atom stereocenters. The van der Waals surface area contributed by atoms with E-state index in [0.717, 1.165) is 0 Å². The van der Waals surface area contributed by atoms with Gasteiger partial charge in [0, 0.05) is 25.6 Å². The summed E-state index contributed by atoms with van der Waals surface area (Å²) in [6, 6.07) is 41.1. The maximum absolute atomic E-state index is 2.45. The van der Waals surface area contributed by atoms with Crippen LogP contribution in [0.15, 0.2) is 109 Å². The van der Waals surface area contributed by atoms with Crippen molar-refractivity contribution in [1.82, 2.24) is 0 Å². The van der Waals surface area contributed by atoms with Crippen LogP contribution in [0.25, 0.3) is 31.3 Å². The summed E-state index contributed by atoms with van der Waals surface area (Å²) in [5.74, 6) is 0. The second kappa shape index (κ2) is 6.50. The summed E-state index contributed by atoms with van der Waals surface area (Å²) in [6.45, 7) is 4.85. The Morgan fingerprint density at radius 2 is 1.06 bits per heavy atom. The third-order valence-corrected chi connectivity index (χ3v) is 9.74. The predicted molar refractivity (Wildman–Crippen MR) is 149 cm³/mol. The molecule has 0 aliphatic heterocycles. The molecule has 6 aromatic rings. The van der Waals surface area contributed by atoms with Gasteiger partial charge in [-0.25, -0.2) is 0 Å². The molecule has 0 radical (unpaired) electrons. The lowest BCUT2D eigenvalue weighted by Gasteiger charge is -2.46. The molecule has 166 valence electrons. The van der Waals surface area contributed by atoms with Gasteiger partial charge >= 0.3 is 0 Å². The number of rotatable bonds is 0. The summed E-state index contributed by atoms with van der Waals surface area (Å²) in [4.78, 5) is 0. The van der Waals surface area contributed by atoms with Crippen molar-refractivity contribution in [1.29, 1.82) is 0 Å². The van der Waals surface area contributed by atoms with E-state index < -0.39 is 0 Å². The summed E-state index contributed by atoms with van der Waals surface area (Å²) < 4.78 is 2.80. The lowest BCUT2D eigenvalue weighted by atomic mass is 9.55. The Hall–Kier alpha value is -3.68. The summed E-state index contributed by atoms with van der Waals surface area (Å²) in [5.41, 5.74) is 10.9. The van der Waals surface area contributed by atoms with E-state index in [9.17, 15) is 0 Å². The van der Waals surface area contributed by atoms with Crippen molar-refractivity contribution >= 4 is 31.5 Å². The molecule has 0 saturated carbocycles. The van der Waals surface area contributed by atoms with E-state index in [4.69, 9.17) is 0 Å². The van der Waals surface area contributed by atoms with Gasteiger partial charge < -0.3 is 0 Å². The lowest BCUT2D eigenvalue weighted by molar-refractivity contribution is 0.569. The van der Waals surface area contributed by atoms with Gasteiger partial charge in [-0.2, -0.15) is 0 Å². The molecule has 8 rings (SSSR count). The summed E-state index contributed by atoms with van der Waals surface area (Å²) in [6.07, 6.45) is 0. The number of thiophene rings is 1. The molecule has 1 heteroatoms. The van der Waals surface area contributed by atoms with Crippen LogP contribution in [0, 0.1) is 0 Å². The van der Waals surface area contributed by atoms with E-state index in [2.05, 4.69) is 123 Å². The Morgan fingerprint density at radius 3 is 1.77 bits per heavy atom. The van der Waals surface area contributed by atoms with Crippen LogP contribution in [0.4, 0.5) is 0 Å². The number of hydrogen-bond acceptors (Lipinski definition) is 1. The largest absolute Gasteiger partial charge is 0.135 e. The van der Waals surface area contributed by atoms with Crippen LogP contribution >= 0.6 is 11.3 Å². The zero-order chi connectivity index (χ0) is 23.4. The fourth-order valence-corrected chi connectivity index (χ4v) is 8.58. The monoisotopic (exact) mass is 464 g/mol. The average molecular weight is 465 g/mol. The molecular formula is C34H24S. The van der Waals surface area contributed by atoms with Crippen LogP contribution in [0.1, 0.15) is 47.2 Å². The van der Waals surface area contributed by atoms with E-state index >= 15 is 0 Å². The van der Waals surface area contributed by atoms with Gasteiger partial charge in [0.05, 0.1) is 5.41 Å². The average Bonchev–Trinajstić information content (AvgIpc) is 3.42. The number of benzene rings is 5. The molecule has 2 aliphatic carbocycles. The minimum atomic E-state index is -0.307. The smallest absolute Gasteiger partial charge is 0.0720 e. The van der Waals surface area contributed by atoms with Crippen molar-refractivity contribution in [3.63, 3.8) is 0 Å². The molecule has 0 bridgehead atoms. The molecule has 5 aromatic carbocycles. The van der Waals surface area contributed by atoms with Crippen molar-refractivity contribution in [2.24, 2.45) is 0 Å². The topological polar surface area (TPSA) is 0 Å². The Morgan fingerprint density at radius 1 is 0.486 bits per heavy atom. The van der Waals surface area contributed by atoms with E-state index in [1.165, 1.54) is 64.7 Å². The van der Waals surface area contributed by atoms with E-state index in [1.807, 2.05) is 11.3 Å². The van der Waals surface area contributed by atoms with Gasteiger partial charge in [0.25, 0.3) is 0 Å².